The number of hydrogen-bond donors (Lipinski definition) is 1. The molecule has 0 aromatic carbocycles. The highest BCUT2D eigenvalue weighted by molar-refractivity contribution is 4.83. The molecule has 0 bridgehead atoms. The molecule has 0 aromatic rings. The van der Waals surface area contributed by atoms with Gasteiger partial charge in [0.05, 0.1) is 0 Å². The summed E-state index contributed by atoms with van der Waals surface area (Å²) >= 11 is 0. The Balaban J connectivity index is 2.37. The number of hydrogen-bond acceptors (Lipinski definition) is 2. The third-order valence-electron chi connectivity index (χ3n) is 2.49. The first-order chi connectivity index (χ1) is 6.11. The SMILES string of the molecule is CCN1CC(F)CC(NC(C)C)C1. The Labute approximate surface area is 80.5 Å². The number of rotatable bonds is 3. The van der Waals surface area contributed by atoms with E-state index in [9.17, 15) is 4.39 Å². The predicted molar refractivity (Wildman–Crippen MR) is 53.7 cm³/mol. The molecule has 0 aromatic heterocycles. The first kappa shape index (κ1) is 10.9. The second kappa shape index (κ2) is 4.91. The molecule has 0 radical (unpaired) electrons. The van der Waals surface area contributed by atoms with Crippen molar-refractivity contribution in [1.29, 1.82) is 0 Å². The molecule has 1 heterocycles. The summed E-state index contributed by atoms with van der Waals surface area (Å²) in [5, 5.41) is 3.39. The Morgan fingerprint density at radius 3 is 2.69 bits per heavy atom. The van der Waals surface area contributed by atoms with Crippen molar-refractivity contribution in [3.05, 3.63) is 0 Å². The molecule has 78 valence electrons. The van der Waals surface area contributed by atoms with E-state index in [1.54, 1.807) is 0 Å². The van der Waals surface area contributed by atoms with E-state index in [4.69, 9.17) is 0 Å². The summed E-state index contributed by atoms with van der Waals surface area (Å²) in [4.78, 5) is 2.17. The molecule has 1 N–H and O–H groups in total. The van der Waals surface area contributed by atoms with E-state index in [-0.39, 0.29) is 0 Å². The van der Waals surface area contributed by atoms with Crippen LogP contribution in [0.3, 0.4) is 0 Å². The fourth-order valence-corrected chi connectivity index (χ4v) is 1.97. The molecule has 1 aliphatic heterocycles. The Morgan fingerprint density at radius 1 is 1.46 bits per heavy atom. The highest BCUT2D eigenvalue weighted by atomic mass is 19.1. The van der Waals surface area contributed by atoms with Gasteiger partial charge in [0.15, 0.2) is 0 Å². The summed E-state index contributed by atoms with van der Waals surface area (Å²) in [5.74, 6) is 0. The molecule has 0 amide bonds. The van der Waals surface area contributed by atoms with Crippen molar-refractivity contribution in [2.24, 2.45) is 0 Å². The third-order valence-corrected chi connectivity index (χ3v) is 2.49. The maximum Gasteiger partial charge on any atom is 0.114 e. The maximum atomic E-state index is 13.2. The van der Waals surface area contributed by atoms with Gasteiger partial charge in [0.25, 0.3) is 0 Å². The van der Waals surface area contributed by atoms with Crippen molar-refractivity contribution in [3.63, 3.8) is 0 Å². The van der Waals surface area contributed by atoms with E-state index in [1.807, 2.05) is 0 Å². The van der Waals surface area contributed by atoms with Crippen molar-refractivity contribution in [2.45, 2.75) is 45.4 Å². The predicted octanol–water partition coefficient (Wildman–Crippen LogP) is 1.42. The second-order valence-corrected chi connectivity index (χ2v) is 4.20. The molecule has 1 aliphatic rings. The zero-order valence-corrected chi connectivity index (χ0v) is 8.89. The van der Waals surface area contributed by atoms with Crippen molar-refractivity contribution < 1.29 is 4.39 Å². The van der Waals surface area contributed by atoms with E-state index < -0.39 is 6.17 Å². The molecule has 0 saturated carbocycles. The number of nitrogens with one attached hydrogen (secondary N) is 1. The molecule has 2 atom stereocenters. The fraction of sp³-hybridized carbons (Fsp3) is 1.00. The molecule has 13 heavy (non-hydrogen) atoms. The third kappa shape index (κ3) is 3.61. The van der Waals surface area contributed by atoms with Crippen molar-refractivity contribution in [3.8, 4) is 0 Å². The Bertz CT molecular complexity index is 148. The van der Waals surface area contributed by atoms with Crippen LogP contribution in [0, 0.1) is 0 Å². The number of halogens is 1. The summed E-state index contributed by atoms with van der Waals surface area (Å²) in [6, 6.07) is 0.790. The molecule has 2 unspecified atom stereocenters. The monoisotopic (exact) mass is 188 g/mol. The van der Waals surface area contributed by atoms with E-state index in [2.05, 4.69) is 31.0 Å². The van der Waals surface area contributed by atoms with E-state index in [1.165, 1.54) is 0 Å². The van der Waals surface area contributed by atoms with Crippen LogP contribution in [0.15, 0.2) is 0 Å². The summed E-state index contributed by atoms with van der Waals surface area (Å²) < 4.78 is 13.2. The number of piperidine rings is 1. The number of nitrogens with zero attached hydrogens (tertiary/aromatic N) is 1. The molecule has 1 saturated heterocycles. The van der Waals surface area contributed by atoms with Gasteiger partial charge in [-0.15, -0.1) is 0 Å². The lowest BCUT2D eigenvalue weighted by atomic mass is 10.0. The lowest BCUT2D eigenvalue weighted by Gasteiger charge is -2.35. The first-order valence-electron chi connectivity index (χ1n) is 5.24. The second-order valence-electron chi connectivity index (χ2n) is 4.20. The highest BCUT2D eigenvalue weighted by Crippen LogP contribution is 2.13. The molecule has 0 aliphatic carbocycles. The van der Waals surface area contributed by atoms with Gasteiger partial charge in [-0.3, -0.25) is 4.90 Å². The zero-order chi connectivity index (χ0) is 9.84. The van der Waals surface area contributed by atoms with Gasteiger partial charge in [-0.25, -0.2) is 4.39 Å². The van der Waals surface area contributed by atoms with Crippen LogP contribution in [0.5, 0.6) is 0 Å². The molecule has 0 spiro atoms. The number of likely N-dealkylation sites (tertiary alicyclic amines) is 1. The van der Waals surface area contributed by atoms with Crippen molar-refractivity contribution in [1.82, 2.24) is 10.2 Å². The topological polar surface area (TPSA) is 15.3 Å². The van der Waals surface area contributed by atoms with Crippen molar-refractivity contribution >= 4 is 0 Å². The van der Waals surface area contributed by atoms with Crippen LogP contribution in [0.1, 0.15) is 27.2 Å². The van der Waals surface area contributed by atoms with Gasteiger partial charge in [-0.05, 0) is 13.0 Å². The van der Waals surface area contributed by atoms with Gasteiger partial charge in [0.2, 0.25) is 0 Å². The molecule has 3 heteroatoms. The summed E-state index contributed by atoms with van der Waals surface area (Å²) in [6.45, 7) is 8.87. The average molecular weight is 188 g/mol. The van der Waals surface area contributed by atoms with Gasteiger partial charge in [-0.1, -0.05) is 20.8 Å². The standard InChI is InChI=1S/C10H21FN2/c1-4-13-6-9(11)5-10(7-13)12-8(2)3/h8-10,12H,4-7H2,1-3H3. The summed E-state index contributed by atoms with van der Waals surface area (Å²) in [5.41, 5.74) is 0. The lowest BCUT2D eigenvalue weighted by molar-refractivity contribution is 0.113. The Morgan fingerprint density at radius 2 is 2.15 bits per heavy atom. The van der Waals surface area contributed by atoms with Gasteiger partial charge in [0.1, 0.15) is 6.17 Å². The molecule has 1 fully saturated rings. The lowest BCUT2D eigenvalue weighted by Crippen LogP contribution is -2.51. The quantitative estimate of drug-likeness (QED) is 0.720. The molecule has 1 rings (SSSR count). The number of alkyl halides is 1. The van der Waals surface area contributed by atoms with E-state index >= 15 is 0 Å². The molecular weight excluding hydrogens is 167 g/mol. The van der Waals surface area contributed by atoms with Gasteiger partial charge in [-0.2, -0.15) is 0 Å². The van der Waals surface area contributed by atoms with Crippen LogP contribution < -0.4 is 5.32 Å². The van der Waals surface area contributed by atoms with Crippen LogP contribution >= 0.6 is 0 Å². The normalized spacial score (nSPS) is 31.2. The Hall–Kier alpha value is -0.150. The highest BCUT2D eigenvalue weighted by Gasteiger charge is 2.25. The largest absolute Gasteiger partial charge is 0.310 e. The van der Waals surface area contributed by atoms with Gasteiger partial charge < -0.3 is 5.32 Å². The minimum absolute atomic E-state index is 0.337. The molecular formula is C10H21FN2. The number of likely N-dealkylation sites (N-methyl/N-ethyl adjacent to an activating group) is 1. The average Bonchev–Trinajstić information content (AvgIpc) is 2.01. The van der Waals surface area contributed by atoms with Crippen LogP contribution in [0.4, 0.5) is 4.39 Å². The summed E-state index contributed by atoms with van der Waals surface area (Å²) in [6.07, 6.45) is 0.0271. The van der Waals surface area contributed by atoms with Gasteiger partial charge in [0, 0.05) is 25.2 Å². The summed E-state index contributed by atoms with van der Waals surface area (Å²) in [7, 11) is 0. The smallest absolute Gasteiger partial charge is 0.114 e. The van der Waals surface area contributed by atoms with Crippen molar-refractivity contribution in [2.75, 3.05) is 19.6 Å². The zero-order valence-electron chi connectivity index (χ0n) is 8.89. The molecule has 2 nitrogen and oxygen atoms in total. The van der Waals surface area contributed by atoms with Crippen LogP contribution in [0.2, 0.25) is 0 Å². The van der Waals surface area contributed by atoms with Crippen LogP contribution in [0.25, 0.3) is 0 Å². The van der Waals surface area contributed by atoms with E-state index in [0.717, 1.165) is 13.1 Å². The van der Waals surface area contributed by atoms with Crippen LogP contribution in [-0.4, -0.2) is 42.8 Å². The first-order valence-corrected chi connectivity index (χ1v) is 5.24. The maximum absolute atomic E-state index is 13.2. The van der Waals surface area contributed by atoms with E-state index in [0.29, 0.717) is 25.0 Å². The minimum Gasteiger partial charge on any atom is -0.310 e. The Kier molecular flexibility index (Phi) is 4.13. The fourth-order valence-electron chi connectivity index (χ4n) is 1.97. The van der Waals surface area contributed by atoms with Crippen LogP contribution in [-0.2, 0) is 0 Å². The minimum atomic E-state index is -0.648. The van der Waals surface area contributed by atoms with Gasteiger partial charge >= 0.3 is 0 Å².